The third-order valence-electron chi connectivity index (χ3n) is 5.03. The molecule has 3 nitrogen and oxygen atoms in total. The molecule has 1 heterocycles. The lowest BCUT2D eigenvalue weighted by atomic mass is 9.95. The first-order valence-electron chi connectivity index (χ1n) is 8.52. The highest BCUT2D eigenvalue weighted by molar-refractivity contribution is 7.90. The molecule has 0 fully saturated rings. The van der Waals surface area contributed by atoms with Crippen LogP contribution in [0, 0.1) is 0 Å². The average molecular weight is 374 g/mol. The maximum atomic E-state index is 12.0. The largest absolute Gasteiger partial charge is 0.340 e. The molecule has 0 N–H and O–H groups in total. The Kier molecular flexibility index (Phi) is 4.13. The zero-order chi connectivity index (χ0) is 17.6. The Hall–Kier alpha value is -1.78. The summed E-state index contributed by atoms with van der Waals surface area (Å²) < 4.78 is 26.3. The summed E-state index contributed by atoms with van der Waals surface area (Å²) in [6, 6.07) is 13.5. The summed E-state index contributed by atoms with van der Waals surface area (Å²) in [6.45, 7) is 0.779. The van der Waals surface area contributed by atoms with Gasteiger partial charge < -0.3 is 4.57 Å². The Morgan fingerprint density at radius 3 is 2.48 bits per heavy atom. The molecule has 0 radical (unpaired) electrons. The lowest BCUT2D eigenvalue weighted by Gasteiger charge is -2.16. The van der Waals surface area contributed by atoms with Gasteiger partial charge in [0.15, 0.2) is 9.84 Å². The lowest BCUT2D eigenvalue weighted by Crippen LogP contribution is -2.09. The van der Waals surface area contributed by atoms with E-state index in [9.17, 15) is 8.42 Å². The number of hydrogen-bond acceptors (Lipinski definition) is 2. The Bertz CT molecular complexity index is 1050. The molecule has 0 saturated carbocycles. The predicted octanol–water partition coefficient (Wildman–Crippen LogP) is 4.63. The summed E-state index contributed by atoms with van der Waals surface area (Å²) in [5, 5.41) is 1.83. The van der Waals surface area contributed by atoms with Gasteiger partial charge in [0.25, 0.3) is 0 Å². The summed E-state index contributed by atoms with van der Waals surface area (Å²) in [4.78, 5) is 0.400. The first-order chi connectivity index (χ1) is 11.9. The van der Waals surface area contributed by atoms with Crippen molar-refractivity contribution in [3.63, 3.8) is 0 Å². The fourth-order valence-electron chi connectivity index (χ4n) is 3.80. The van der Waals surface area contributed by atoms with E-state index in [-0.39, 0.29) is 0 Å². The minimum Gasteiger partial charge on any atom is -0.340 e. The minimum atomic E-state index is -3.20. The molecule has 0 bridgehead atoms. The highest BCUT2D eigenvalue weighted by Gasteiger charge is 2.21. The third-order valence-corrected chi connectivity index (χ3v) is 6.39. The topological polar surface area (TPSA) is 39.1 Å². The number of halogens is 1. The van der Waals surface area contributed by atoms with Crippen molar-refractivity contribution in [1.29, 1.82) is 0 Å². The Balaban J connectivity index is 1.89. The molecule has 1 aromatic heterocycles. The van der Waals surface area contributed by atoms with E-state index in [2.05, 4.69) is 4.57 Å². The highest BCUT2D eigenvalue weighted by atomic mass is 35.5. The van der Waals surface area contributed by atoms with Crippen LogP contribution in [0.2, 0.25) is 5.02 Å². The van der Waals surface area contributed by atoms with Crippen LogP contribution < -0.4 is 0 Å². The summed E-state index contributed by atoms with van der Waals surface area (Å²) in [7, 11) is -3.20. The van der Waals surface area contributed by atoms with Gasteiger partial charge in [0.2, 0.25) is 0 Å². The number of fused-ring (bicyclic) bond motifs is 3. The fraction of sp³-hybridized carbons (Fsp3) is 0.300. The Morgan fingerprint density at radius 2 is 1.76 bits per heavy atom. The number of nitrogens with zero attached hydrogens (tertiary/aromatic N) is 1. The molecule has 25 heavy (non-hydrogen) atoms. The zero-order valence-corrected chi connectivity index (χ0v) is 15.7. The molecule has 130 valence electrons. The summed E-state index contributed by atoms with van der Waals surface area (Å²) >= 11 is 6.00. The highest BCUT2D eigenvalue weighted by Crippen LogP contribution is 2.34. The first-order valence-corrected chi connectivity index (χ1v) is 10.8. The maximum Gasteiger partial charge on any atom is 0.175 e. The van der Waals surface area contributed by atoms with Gasteiger partial charge in [-0.1, -0.05) is 23.7 Å². The van der Waals surface area contributed by atoms with Crippen LogP contribution in [0.15, 0.2) is 47.4 Å². The van der Waals surface area contributed by atoms with Gasteiger partial charge in [0.05, 0.1) is 4.90 Å². The van der Waals surface area contributed by atoms with Gasteiger partial charge in [0.1, 0.15) is 0 Å². The normalized spacial score (nSPS) is 14.6. The number of sulfone groups is 1. The molecule has 0 saturated heterocycles. The van der Waals surface area contributed by atoms with Crippen molar-refractivity contribution >= 4 is 32.3 Å². The van der Waals surface area contributed by atoms with E-state index in [1.807, 2.05) is 36.4 Å². The molecule has 1 aliphatic carbocycles. The molecule has 0 amide bonds. The number of hydrogen-bond donors (Lipinski definition) is 0. The van der Waals surface area contributed by atoms with E-state index in [1.165, 1.54) is 29.5 Å². The van der Waals surface area contributed by atoms with Crippen LogP contribution in [-0.2, 0) is 29.2 Å². The molecule has 3 aromatic rings. The van der Waals surface area contributed by atoms with Crippen molar-refractivity contribution in [2.24, 2.45) is 0 Å². The van der Waals surface area contributed by atoms with Crippen LogP contribution >= 0.6 is 11.6 Å². The monoisotopic (exact) mass is 373 g/mol. The van der Waals surface area contributed by atoms with Crippen molar-refractivity contribution < 1.29 is 8.42 Å². The quantitative estimate of drug-likeness (QED) is 0.671. The van der Waals surface area contributed by atoms with Gasteiger partial charge >= 0.3 is 0 Å². The molecule has 0 aliphatic heterocycles. The van der Waals surface area contributed by atoms with Crippen molar-refractivity contribution in [3.05, 3.63) is 64.3 Å². The standard InChI is InChI=1S/C20H20ClNO2S/c1-25(23,24)16-10-11-20-18(12-16)17-4-2-3-5-19(17)22(20)13-14-6-8-15(21)9-7-14/h6-12H,2-5,13H2,1H3. The van der Waals surface area contributed by atoms with E-state index in [1.54, 1.807) is 6.07 Å². The van der Waals surface area contributed by atoms with Crippen molar-refractivity contribution in [3.8, 4) is 0 Å². The van der Waals surface area contributed by atoms with Gasteiger partial charge in [-0.25, -0.2) is 8.42 Å². The van der Waals surface area contributed by atoms with E-state index in [0.29, 0.717) is 4.90 Å². The van der Waals surface area contributed by atoms with Gasteiger partial charge in [-0.05, 0) is 67.1 Å². The summed E-state index contributed by atoms with van der Waals surface area (Å²) in [6.07, 6.45) is 5.68. The minimum absolute atomic E-state index is 0.400. The second-order valence-corrected chi connectivity index (χ2v) is 9.25. The Morgan fingerprint density at radius 1 is 1.04 bits per heavy atom. The van der Waals surface area contributed by atoms with Crippen LogP contribution in [0.25, 0.3) is 10.9 Å². The zero-order valence-electron chi connectivity index (χ0n) is 14.1. The lowest BCUT2D eigenvalue weighted by molar-refractivity contribution is 0.602. The molecule has 2 aromatic carbocycles. The predicted molar refractivity (Wildman–Crippen MR) is 102 cm³/mol. The summed E-state index contributed by atoms with van der Waals surface area (Å²) in [5.74, 6) is 0. The fourth-order valence-corrected chi connectivity index (χ4v) is 4.57. The molecule has 0 spiro atoms. The van der Waals surface area contributed by atoms with Crippen LogP contribution in [0.3, 0.4) is 0 Å². The molecule has 0 atom stereocenters. The van der Waals surface area contributed by atoms with Gasteiger partial charge in [0, 0.05) is 34.4 Å². The first kappa shape index (κ1) is 16.7. The Labute approximate surface area is 153 Å². The molecule has 0 unspecified atom stereocenters. The molecule has 5 heteroatoms. The number of aromatic nitrogens is 1. The molecular weight excluding hydrogens is 354 g/mol. The number of benzene rings is 2. The van der Waals surface area contributed by atoms with Gasteiger partial charge in [-0.15, -0.1) is 0 Å². The molecular formula is C20H20ClNO2S. The van der Waals surface area contributed by atoms with Crippen molar-refractivity contribution in [2.45, 2.75) is 37.1 Å². The van der Waals surface area contributed by atoms with Crippen LogP contribution in [-0.4, -0.2) is 19.2 Å². The van der Waals surface area contributed by atoms with Crippen LogP contribution in [0.4, 0.5) is 0 Å². The van der Waals surface area contributed by atoms with E-state index in [0.717, 1.165) is 41.7 Å². The van der Waals surface area contributed by atoms with E-state index < -0.39 is 9.84 Å². The van der Waals surface area contributed by atoms with Gasteiger partial charge in [-0.2, -0.15) is 0 Å². The second kappa shape index (κ2) is 6.19. The number of aryl methyl sites for hydroxylation is 1. The average Bonchev–Trinajstić information content (AvgIpc) is 2.90. The smallest absolute Gasteiger partial charge is 0.175 e. The maximum absolute atomic E-state index is 12.0. The SMILES string of the molecule is CS(=O)(=O)c1ccc2c(c1)c1c(n2Cc2ccc(Cl)cc2)CCCC1. The van der Waals surface area contributed by atoms with Crippen molar-refractivity contribution in [1.82, 2.24) is 4.57 Å². The second-order valence-electron chi connectivity index (χ2n) is 6.80. The van der Waals surface area contributed by atoms with Crippen LogP contribution in [0.1, 0.15) is 29.7 Å². The van der Waals surface area contributed by atoms with Crippen molar-refractivity contribution in [2.75, 3.05) is 6.26 Å². The molecule has 1 aliphatic rings. The number of rotatable bonds is 3. The van der Waals surface area contributed by atoms with E-state index in [4.69, 9.17) is 11.6 Å². The third kappa shape index (κ3) is 3.09. The summed E-state index contributed by atoms with van der Waals surface area (Å²) in [5.41, 5.74) is 4.98. The molecule has 4 rings (SSSR count). The van der Waals surface area contributed by atoms with Gasteiger partial charge in [-0.3, -0.25) is 0 Å². The van der Waals surface area contributed by atoms with Crippen LogP contribution in [0.5, 0.6) is 0 Å². The van der Waals surface area contributed by atoms with E-state index >= 15 is 0 Å².